The Morgan fingerprint density at radius 1 is 1.19 bits per heavy atom. The zero-order valence-corrected chi connectivity index (χ0v) is 10.1. The van der Waals surface area contributed by atoms with E-state index in [1.807, 2.05) is 0 Å². The number of piperidine rings is 1. The minimum atomic E-state index is 0.439. The Hall–Kier alpha value is -0.820. The smallest absolute Gasteiger partial charge is 0.0156 e. The number of benzene rings is 1. The van der Waals surface area contributed by atoms with Crippen molar-refractivity contribution in [2.75, 3.05) is 6.54 Å². The molecule has 2 fully saturated rings. The first-order valence-corrected chi connectivity index (χ1v) is 6.57. The summed E-state index contributed by atoms with van der Waals surface area (Å²) in [7, 11) is 0. The topological polar surface area (TPSA) is 12.0 Å². The largest absolute Gasteiger partial charge is 0.311 e. The second-order valence-electron chi connectivity index (χ2n) is 5.80. The zero-order chi connectivity index (χ0) is 11.0. The minimum absolute atomic E-state index is 0.439. The van der Waals surface area contributed by atoms with E-state index in [0.717, 1.165) is 11.8 Å². The SMILES string of the molecule is CC12CCC(c3ccccc3)C(CCN1)C2. The Kier molecular flexibility index (Phi) is 2.51. The molecule has 2 aliphatic rings. The molecule has 1 N–H and O–H groups in total. The first-order valence-electron chi connectivity index (χ1n) is 6.57. The summed E-state index contributed by atoms with van der Waals surface area (Å²) in [5.74, 6) is 1.72. The molecule has 86 valence electrons. The van der Waals surface area contributed by atoms with Crippen LogP contribution in [-0.2, 0) is 0 Å². The predicted octanol–water partition coefficient (Wildman–Crippen LogP) is 3.32. The van der Waals surface area contributed by atoms with Crippen molar-refractivity contribution in [1.82, 2.24) is 5.32 Å². The van der Waals surface area contributed by atoms with E-state index in [-0.39, 0.29) is 0 Å². The molecular formula is C15H21N. The van der Waals surface area contributed by atoms with E-state index >= 15 is 0 Å². The summed E-state index contributed by atoms with van der Waals surface area (Å²) in [6.45, 7) is 3.62. The van der Waals surface area contributed by atoms with E-state index in [1.165, 1.54) is 32.2 Å². The van der Waals surface area contributed by atoms with Crippen molar-refractivity contribution in [3.05, 3.63) is 35.9 Å². The van der Waals surface area contributed by atoms with Gasteiger partial charge in [0.05, 0.1) is 0 Å². The summed E-state index contributed by atoms with van der Waals surface area (Å²) in [6, 6.07) is 11.1. The summed E-state index contributed by atoms with van der Waals surface area (Å²) in [5.41, 5.74) is 2.00. The molecule has 1 aromatic rings. The molecule has 1 aliphatic carbocycles. The monoisotopic (exact) mass is 215 g/mol. The fraction of sp³-hybridized carbons (Fsp3) is 0.600. The standard InChI is InChI=1S/C15H21N/c1-15-9-7-14(12-5-3-2-4-6-12)13(11-15)8-10-16-15/h2-6,13-14,16H,7-11H2,1H3. The van der Waals surface area contributed by atoms with Crippen LogP contribution in [0.2, 0.25) is 0 Å². The van der Waals surface area contributed by atoms with Crippen LogP contribution in [0.25, 0.3) is 0 Å². The van der Waals surface area contributed by atoms with Crippen molar-refractivity contribution < 1.29 is 0 Å². The van der Waals surface area contributed by atoms with Gasteiger partial charge in [-0.2, -0.15) is 0 Å². The van der Waals surface area contributed by atoms with Crippen molar-refractivity contribution in [2.24, 2.45) is 5.92 Å². The van der Waals surface area contributed by atoms with Crippen LogP contribution in [0.5, 0.6) is 0 Å². The van der Waals surface area contributed by atoms with Gasteiger partial charge in [0.2, 0.25) is 0 Å². The normalized spacial score (nSPS) is 38.3. The fourth-order valence-corrected chi connectivity index (χ4v) is 3.69. The molecule has 1 aliphatic heterocycles. The molecule has 1 saturated carbocycles. The Labute approximate surface area is 98.3 Å². The maximum Gasteiger partial charge on any atom is 0.0156 e. The van der Waals surface area contributed by atoms with E-state index in [4.69, 9.17) is 0 Å². The molecule has 3 atom stereocenters. The van der Waals surface area contributed by atoms with Crippen LogP contribution in [0, 0.1) is 5.92 Å². The van der Waals surface area contributed by atoms with Gasteiger partial charge < -0.3 is 5.32 Å². The van der Waals surface area contributed by atoms with Gasteiger partial charge in [-0.1, -0.05) is 30.3 Å². The van der Waals surface area contributed by atoms with Crippen LogP contribution >= 0.6 is 0 Å². The van der Waals surface area contributed by atoms with E-state index in [2.05, 4.69) is 42.6 Å². The van der Waals surface area contributed by atoms with Gasteiger partial charge in [-0.15, -0.1) is 0 Å². The first kappa shape index (κ1) is 10.3. The average molecular weight is 215 g/mol. The molecule has 3 rings (SSSR count). The molecule has 1 nitrogen and oxygen atoms in total. The van der Waals surface area contributed by atoms with E-state index in [1.54, 1.807) is 5.56 Å². The Bertz CT molecular complexity index is 359. The molecule has 2 bridgehead atoms. The van der Waals surface area contributed by atoms with Gasteiger partial charge >= 0.3 is 0 Å². The molecule has 0 aromatic heterocycles. The third-order valence-corrected chi connectivity index (χ3v) is 4.58. The molecular weight excluding hydrogens is 194 g/mol. The lowest BCUT2D eigenvalue weighted by Crippen LogP contribution is -2.52. The number of fused-ring (bicyclic) bond motifs is 2. The van der Waals surface area contributed by atoms with Crippen molar-refractivity contribution in [2.45, 2.75) is 44.1 Å². The number of nitrogens with one attached hydrogen (secondary N) is 1. The number of rotatable bonds is 1. The van der Waals surface area contributed by atoms with Gasteiger partial charge in [0.25, 0.3) is 0 Å². The summed E-state index contributed by atoms with van der Waals surface area (Å²) < 4.78 is 0. The van der Waals surface area contributed by atoms with Gasteiger partial charge in [-0.3, -0.25) is 0 Å². The second-order valence-corrected chi connectivity index (χ2v) is 5.80. The lowest BCUT2D eigenvalue weighted by Gasteiger charge is -2.48. The molecule has 0 spiro atoms. The number of hydrogen-bond acceptors (Lipinski definition) is 1. The Morgan fingerprint density at radius 3 is 2.81 bits per heavy atom. The summed E-state index contributed by atoms with van der Waals surface area (Å²) >= 11 is 0. The van der Waals surface area contributed by atoms with Crippen molar-refractivity contribution >= 4 is 0 Å². The molecule has 0 radical (unpaired) electrons. The first-order chi connectivity index (χ1) is 7.77. The molecule has 1 heteroatoms. The molecule has 1 heterocycles. The second kappa shape index (κ2) is 3.89. The third kappa shape index (κ3) is 1.78. The minimum Gasteiger partial charge on any atom is -0.311 e. The summed E-state index contributed by atoms with van der Waals surface area (Å²) in [4.78, 5) is 0. The van der Waals surface area contributed by atoms with E-state index in [0.29, 0.717) is 5.54 Å². The van der Waals surface area contributed by atoms with Gasteiger partial charge in [0, 0.05) is 5.54 Å². The van der Waals surface area contributed by atoms with Crippen LogP contribution in [0.4, 0.5) is 0 Å². The van der Waals surface area contributed by atoms with Crippen LogP contribution in [-0.4, -0.2) is 12.1 Å². The van der Waals surface area contributed by atoms with Gasteiger partial charge in [-0.05, 0) is 56.6 Å². The molecule has 3 unspecified atom stereocenters. The third-order valence-electron chi connectivity index (χ3n) is 4.58. The van der Waals surface area contributed by atoms with E-state index in [9.17, 15) is 0 Å². The van der Waals surface area contributed by atoms with E-state index < -0.39 is 0 Å². The van der Waals surface area contributed by atoms with Gasteiger partial charge in [0.1, 0.15) is 0 Å². The number of hydrogen-bond donors (Lipinski definition) is 1. The summed E-state index contributed by atoms with van der Waals surface area (Å²) in [6.07, 6.45) is 5.42. The fourth-order valence-electron chi connectivity index (χ4n) is 3.69. The lowest BCUT2D eigenvalue weighted by atomic mass is 9.65. The van der Waals surface area contributed by atoms with Crippen molar-refractivity contribution in [1.29, 1.82) is 0 Å². The average Bonchev–Trinajstić information content (AvgIpc) is 2.30. The van der Waals surface area contributed by atoms with Gasteiger partial charge in [-0.25, -0.2) is 0 Å². The Morgan fingerprint density at radius 2 is 2.00 bits per heavy atom. The van der Waals surface area contributed by atoms with Crippen LogP contribution in [0.1, 0.15) is 44.1 Å². The van der Waals surface area contributed by atoms with Crippen LogP contribution in [0.3, 0.4) is 0 Å². The highest BCUT2D eigenvalue weighted by Gasteiger charge is 2.40. The lowest BCUT2D eigenvalue weighted by molar-refractivity contribution is 0.124. The van der Waals surface area contributed by atoms with Crippen molar-refractivity contribution in [3.8, 4) is 0 Å². The molecule has 16 heavy (non-hydrogen) atoms. The predicted molar refractivity (Wildman–Crippen MR) is 67.5 cm³/mol. The van der Waals surface area contributed by atoms with Crippen LogP contribution < -0.4 is 5.32 Å². The Balaban J connectivity index is 1.83. The maximum absolute atomic E-state index is 3.70. The quantitative estimate of drug-likeness (QED) is 0.757. The molecule has 1 aromatic carbocycles. The molecule has 1 saturated heterocycles. The summed E-state index contributed by atoms with van der Waals surface area (Å²) in [5, 5.41) is 3.70. The highest BCUT2D eigenvalue weighted by molar-refractivity contribution is 5.22. The highest BCUT2D eigenvalue weighted by atomic mass is 15.0. The molecule has 0 amide bonds. The van der Waals surface area contributed by atoms with Gasteiger partial charge in [0.15, 0.2) is 0 Å². The highest BCUT2D eigenvalue weighted by Crippen LogP contribution is 2.45. The van der Waals surface area contributed by atoms with Crippen LogP contribution in [0.15, 0.2) is 30.3 Å². The maximum atomic E-state index is 3.70. The zero-order valence-electron chi connectivity index (χ0n) is 10.1. The van der Waals surface area contributed by atoms with Crippen molar-refractivity contribution in [3.63, 3.8) is 0 Å².